The van der Waals surface area contributed by atoms with Crippen molar-refractivity contribution in [2.75, 3.05) is 14.2 Å². The molecule has 1 aliphatic heterocycles. The molecule has 4 rings (SSSR count). The first-order chi connectivity index (χ1) is 15.5. The van der Waals surface area contributed by atoms with Crippen LogP contribution in [0.4, 0.5) is 0 Å². The number of carbonyl (C=O) groups excluding carboxylic acids is 3. The van der Waals surface area contributed by atoms with Gasteiger partial charge in [-0.05, 0) is 18.6 Å². The molecule has 166 valence electrons. The number of esters is 1. The van der Waals surface area contributed by atoms with E-state index in [4.69, 9.17) is 14.2 Å². The maximum atomic E-state index is 13.7. The molecular formula is C25H24O6S. The van der Waals surface area contributed by atoms with Gasteiger partial charge in [-0.25, -0.2) is 0 Å². The molecule has 2 aromatic rings. The number of fused-ring (bicyclic) bond motifs is 1. The molecule has 0 saturated heterocycles. The van der Waals surface area contributed by atoms with Gasteiger partial charge in [-0.2, -0.15) is 0 Å². The molecule has 0 spiro atoms. The first-order valence-electron chi connectivity index (χ1n) is 10.3. The van der Waals surface area contributed by atoms with Crippen molar-refractivity contribution in [2.24, 2.45) is 0 Å². The summed E-state index contributed by atoms with van der Waals surface area (Å²) in [7, 11) is 2.80. The quantitative estimate of drug-likeness (QED) is 0.613. The highest BCUT2D eigenvalue weighted by Gasteiger charge is 2.47. The standard InChI is InChI=1S/C25H24O6S/c1-14-20-22(23(27)16-10-7-11-17(29-2)21(16)24(20)28)25(18(31-14)12-19(26)30-3)32-13-15-8-5-4-6-9-15/h4-11,14,18,25H,12-13H2,1-3H3/t14-,18+,25-/m0/s1. The van der Waals surface area contributed by atoms with Crippen LogP contribution in [0.5, 0.6) is 5.75 Å². The van der Waals surface area contributed by atoms with Gasteiger partial charge >= 0.3 is 5.97 Å². The summed E-state index contributed by atoms with van der Waals surface area (Å²) in [6.07, 6.45) is -1.23. The second kappa shape index (κ2) is 9.30. The van der Waals surface area contributed by atoms with E-state index in [1.165, 1.54) is 26.0 Å². The Morgan fingerprint density at radius 3 is 2.44 bits per heavy atom. The molecule has 2 aliphatic rings. The lowest BCUT2D eigenvalue weighted by molar-refractivity contribution is -0.144. The first-order valence-corrected chi connectivity index (χ1v) is 11.4. The number of methoxy groups -OCH3 is 2. The molecule has 1 heterocycles. The Morgan fingerprint density at radius 2 is 1.75 bits per heavy atom. The lowest BCUT2D eigenvalue weighted by Crippen LogP contribution is -2.46. The van der Waals surface area contributed by atoms with Crippen LogP contribution in [0.3, 0.4) is 0 Å². The Balaban J connectivity index is 1.78. The van der Waals surface area contributed by atoms with Crippen molar-refractivity contribution < 1.29 is 28.6 Å². The highest BCUT2D eigenvalue weighted by atomic mass is 32.2. The number of ketones is 2. The summed E-state index contributed by atoms with van der Waals surface area (Å²) in [6.45, 7) is 1.74. The van der Waals surface area contributed by atoms with Crippen LogP contribution in [0.15, 0.2) is 59.7 Å². The van der Waals surface area contributed by atoms with E-state index in [-0.39, 0.29) is 23.6 Å². The zero-order chi connectivity index (χ0) is 22.8. The highest BCUT2D eigenvalue weighted by molar-refractivity contribution is 7.99. The van der Waals surface area contributed by atoms with Crippen LogP contribution >= 0.6 is 11.8 Å². The predicted octanol–water partition coefficient (Wildman–Crippen LogP) is 4.02. The zero-order valence-corrected chi connectivity index (χ0v) is 18.9. The second-order valence-corrected chi connectivity index (χ2v) is 8.81. The van der Waals surface area contributed by atoms with E-state index in [2.05, 4.69) is 0 Å². The van der Waals surface area contributed by atoms with Gasteiger partial charge in [-0.15, -0.1) is 11.8 Å². The molecule has 0 unspecified atom stereocenters. The molecule has 3 atom stereocenters. The number of thioether (sulfide) groups is 1. The van der Waals surface area contributed by atoms with Crippen molar-refractivity contribution in [3.05, 3.63) is 76.4 Å². The van der Waals surface area contributed by atoms with Gasteiger partial charge in [0.05, 0.1) is 43.7 Å². The van der Waals surface area contributed by atoms with Gasteiger partial charge in [0.15, 0.2) is 11.6 Å². The van der Waals surface area contributed by atoms with E-state index < -0.39 is 23.4 Å². The second-order valence-electron chi connectivity index (χ2n) is 7.68. The minimum atomic E-state index is -0.636. The molecule has 2 aromatic carbocycles. The van der Waals surface area contributed by atoms with Crippen LogP contribution in [0, 0.1) is 0 Å². The summed E-state index contributed by atoms with van der Waals surface area (Å²) in [4.78, 5) is 39.3. The van der Waals surface area contributed by atoms with Gasteiger partial charge < -0.3 is 14.2 Å². The molecule has 0 bridgehead atoms. The van der Waals surface area contributed by atoms with Gasteiger partial charge in [0, 0.05) is 22.5 Å². The molecule has 1 aliphatic carbocycles. The topological polar surface area (TPSA) is 78.9 Å². The summed E-state index contributed by atoms with van der Waals surface area (Å²) in [6, 6.07) is 14.9. The number of Topliss-reactive ketones (excluding diaryl/α,β-unsaturated/α-hetero) is 2. The third-order valence-corrected chi connectivity index (χ3v) is 7.17. The summed E-state index contributed by atoms with van der Waals surface area (Å²) in [5.74, 6) is 0.0629. The van der Waals surface area contributed by atoms with E-state index in [0.29, 0.717) is 28.2 Å². The van der Waals surface area contributed by atoms with Crippen molar-refractivity contribution in [1.29, 1.82) is 0 Å². The van der Waals surface area contributed by atoms with Crippen LogP contribution in [0.25, 0.3) is 0 Å². The third-order valence-electron chi connectivity index (χ3n) is 5.77. The van der Waals surface area contributed by atoms with Gasteiger partial charge in [-0.1, -0.05) is 42.5 Å². The number of hydrogen-bond donors (Lipinski definition) is 0. The van der Waals surface area contributed by atoms with Crippen LogP contribution in [0.1, 0.15) is 39.6 Å². The maximum Gasteiger partial charge on any atom is 0.308 e. The van der Waals surface area contributed by atoms with Crippen molar-refractivity contribution in [1.82, 2.24) is 0 Å². The lowest BCUT2D eigenvalue weighted by Gasteiger charge is -2.39. The lowest BCUT2D eigenvalue weighted by atomic mass is 9.77. The molecule has 0 N–H and O–H groups in total. The Bertz CT molecular complexity index is 1090. The minimum Gasteiger partial charge on any atom is -0.496 e. The van der Waals surface area contributed by atoms with Crippen molar-refractivity contribution in [3.8, 4) is 5.75 Å². The number of ether oxygens (including phenoxy) is 3. The normalized spacial score (nSPS) is 22.3. The Hall–Kier alpha value is -2.90. The zero-order valence-electron chi connectivity index (χ0n) is 18.1. The summed E-state index contributed by atoms with van der Waals surface area (Å²) in [5.41, 5.74) is 2.44. The van der Waals surface area contributed by atoms with E-state index >= 15 is 0 Å². The average molecular weight is 453 g/mol. The molecule has 7 heteroatoms. The number of hydrogen-bond acceptors (Lipinski definition) is 7. The predicted molar refractivity (Wildman–Crippen MR) is 121 cm³/mol. The van der Waals surface area contributed by atoms with E-state index in [9.17, 15) is 14.4 Å². The fourth-order valence-electron chi connectivity index (χ4n) is 4.28. The maximum absolute atomic E-state index is 13.7. The summed E-state index contributed by atoms with van der Waals surface area (Å²) in [5, 5.41) is -0.490. The van der Waals surface area contributed by atoms with Gasteiger partial charge in [0.25, 0.3) is 0 Å². The molecule has 0 aromatic heterocycles. The van der Waals surface area contributed by atoms with Crippen LogP contribution in [0.2, 0.25) is 0 Å². The largest absolute Gasteiger partial charge is 0.496 e. The molecule has 0 saturated carbocycles. The number of carbonyl (C=O) groups is 3. The van der Waals surface area contributed by atoms with Gasteiger partial charge in [0.2, 0.25) is 0 Å². The van der Waals surface area contributed by atoms with E-state index in [1.54, 1.807) is 25.1 Å². The minimum absolute atomic E-state index is 0.00346. The summed E-state index contributed by atoms with van der Waals surface area (Å²) < 4.78 is 16.4. The Labute approximate surface area is 190 Å². The summed E-state index contributed by atoms with van der Waals surface area (Å²) >= 11 is 1.49. The number of rotatable bonds is 6. The Kier molecular flexibility index (Phi) is 6.48. The Morgan fingerprint density at radius 1 is 1.00 bits per heavy atom. The molecule has 6 nitrogen and oxygen atoms in total. The van der Waals surface area contributed by atoms with Crippen LogP contribution in [-0.2, 0) is 20.0 Å². The van der Waals surface area contributed by atoms with Gasteiger partial charge in [0.1, 0.15) is 5.75 Å². The van der Waals surface area contributed by atoms with Crippen LogP contribution in [-0.4, -0.2) is 49.2 Å². The number of benzene rings is 2. The fraction of sp³-hybridized carbons (Fsp3) is 0.320. The average Bonchev–Trinajstić information content (AvgIpc) is 2.81. The van der Waals surface area contributed by atoms with Crippen molar-refractivity contribution in [2.45, 2.75) is 36.6 Å². The van der Waals surface area contributed by atoms with Crippen LogP contribution < -0.4 is 4.74 Å². The molecule has 0 amide bonds. The third kappa shape index (κ3) is 3.98. The molecular weight excluding hydrogens is 428 g/mol. The van der Waals surface area contributed by atoms with E-state index in [0.717, 1.165) is 5.56 Å². The smallest absolute Gasteiger partial charge is 0.308 e. The SMILES string of the molecule is COC(=O)C[C@H]1O[C@@H](C)C2=C(C(=O)c3cccc(OC)c3C2=O)[C@H]1SCc1ccccc1. The highest BCUT2D eigenvalue weighted by Crippen LogP contribution is 2.44. The van der Waals surface area contributed by atoms with Gasteiger partial charge in [-0.3, -0.25) is 14.4 Å². The van der Waals surface area contributed by atoms with E-state index in [1.807, 2.05) is 30.3 Å². The fourth-order valence-corrected chi connectivity index (χ4v) is 5.62. The molecule has 32 heavy (non-hydrogen) atoms. The molecule has 0 radical (unpaired) electrons. The van der Waals surface area contributed by atoms with Crippen molar-refractivity contribution in [3.63, 3.8) is 0 Å². The molecule has 0 fully saturated rings. The van der Waals surface area contributed by atoms with Crippen molar-refractivity contribution >= 4 is 29.3 Å². The monoisotopic (exact) mass is 452 g/mol. The first kappa shape index (κ1) is 22.3.